The van der Waals surface area contributed by atoms with Crippen molar-refractivity contribution in [2.45, 2.75) is 44.7 Å². The first kappa shape index (κ1) is 20.0. The highest BCUT2D eigenvalue weighted by Crippen LogP contribution is 2.24. The Labute approximate surface area is 169 Å². The summed E-state index contributed by atoms with van der Waals surface area (Å²) in [6, 6.07) is 7.69. The molecule has 0 aliphatic carbocycles. The van der Waals surface area contributed by atoms with Gasteiger partial charge in [-0.1, -0.05) is 26.0 Å². The number of hydrogen-bond acceptors (Lipinski definition) is 6. The smallest absolute Gasteiger partial charge is 0.256 e. The van der Waals surface area contributed by atoms with Gasteiger partial charge in [-0.25, -0.2) is 19.6 Å². The van der Waals surface area contributed by atoms with Crippen molar-refractivity contribution in [1.29, 1.82) is 0 Å². The van der Waals surface area contributed by atoms with Gasteiger partial charge in [-0.05, 0) is 37.8 Å². The fourth-order valence-electron chi connectivity index (χ4n) is 2.84. The first-order valence-electron chi connectivity index (χ1n) is 9.09. The van der Waals surface area contributed by atoms with Crippen LogP contribution in [-0.4, -0.2) is 36.9 Å². The van der Waals surface area contributed by atoms with Crippen LogP contribution in [0.3, 0.4) is 0 Å². The van der Waals surface area contributed by atoms with Gasteiger partial charge in [-0.2, -0.15) is 5.10 Å². The van der Waals surface area contributed by atoms with Gasteiger partial charge in [0.05, 0.1) is 23.0 Å². The number of hydrogen-bond donors (Lipinski definition) is 1. The molecule has 0 fully saturated rings. The van der Waals surface area contributed by atoms with Crippen LogP contribution in [-0.2, 0) is 0 Å². The van der Waals surface area contributed by atoms with Gasteiger partial charge in [0.25, 0.3) is 5.91 Å². The number of aromatic nitrogens is 5. The summed E-state index contributed by atoms with van der Waals surface area (Å²) in [6.45, 7) is 7.91. The highest BCUT2D eigenvalue weighted by molar-refractivity contribution is 7.98. The van der Waals surface area contributed by atoms with Gasteiger partial charge < -0.3 is 5.32 Å². The average Bonchev–Trinajstić information content (AvgIpc) is 3.21. The van der Waals surface area contributed by atoms with E-state index in [0.29, 0.717) is 16.3 Å². The molecular formula is C20H24N6OS. The summed E-state index contributed by atoms with van der Waals surface area (Å²) < 4.78 is 1.69. The van der Waals surface area contributed by atoms with Gasteiger partial charge in [0.15, 0.2) is 0 Å². The molecule has 1 aromatic carbocycles. The van der Waals surface area contributed by atoms with E-state index in [1.807, 2.05) is 58.2 Å². The molecule has 1 N–H and O–H groups in total. The van der Waals surface area contributed by atoms with Crippen LogP contribution < -0.4 is 5.32 Å². The van der Waals surface area contributed by atoms with Crippen molar-refractivity contribution in [1.82, 2.24) is 30.0 Å². The summed E-state index contributed by atoms with van der Waals surface area (Å²) in [5.74, 6) is 0.810. The zero-order valence-electron chi connectivity index (χ0n) is 16.7. The van der Waals surface area contributed by atoms with Crippen LogP contribution >= 0.6 is 11.8 Å². The fraction of sp³-hybridized carbons (Fsp3) is 0.350. The van der Waals surface area contributed by atoms with Gasteiger partial charge >= 0.3 is 0 Å². The Morgan fingerprint density at radius 1 is 1.14 bits per heavy atom. The van der Waals surface area contributed by atoms with Gasteiger partial charge in [-0.15, -0.1) is 11.8 Å². The number of aryl methyl sites for hydroxylation is 1. The molecule has 0 radical (unpaired) electrons. The Hall–Kier alpha value is -2.74. The van der Waals surface area contributed by atoms with E-state index in [1.54, 1.807) is 11.0 Å². The third kappa shape index (κ3) is 4.22. The van der Waals surface area contributed by atoms with Crippen LogP contribution in [0, 0.1) is 6.92 Å². The zero-order valence-corrected chi connectivity index (χ0v) is 17.5. The molecule has 8 heteroatoms. The molecule has 1 amide bonds. The average molecular weight is 397 g/mol. The van der Waals surface area contributed by atoms with Crippen molar-refractivity contribution in [3.8, 4) is 5.69 Å². The molecule has 1 unspecified atom stereocenters. The molecule has 146 valence electrons. The van der Waals surface area contributed by atoms with Gasteiger partial charge in [-0.3, -0.25) is 4.79 Å². The maximum absolute atomic E-state index is 12.9. The minimum atomic E-state index is -0.162. The van der Waals surface area contributed by atoms with Gasteiger partial charge in [0, 0.05) is 5.92 Å². The largest absolute Gasteiger partial charge is 0.345 e. The highest BCUT2D eigenvalue weighted by atomic mass is 32.2. The van der Waals surface area contributed by atoms with E-state index in [2.05, 4.69) is 25.4 Å². The lowest BCUT2D eigenvalue weighted by Crippen LogP contribution is -2.28. The summed E-state index contributed by atoms with van der Waals surface area (Å²) >= 11 is 1.47. The normalized spacial score (nSPS) is 12.2. The maximum atomic E-state index is 12.9. The number of nitrogens with zero attached hydrogens (tertiary/aromatic N) is 5. The van der Waals surface area contributed by atoms with E-state index in [0.717, 1.165) is 17.1 Å². The molecule has 28 heavy (non-hydrogen) atoms. The first-order chi connectivity index (χ1) is 13.4. The minimum absolute atomic E-state index is 0.156. The fourth-order valence-corrected chi connectivity index (χ4v) is 3.47. The molecule has 2 aromatic heterocycles. The van der Waals surface area contributed by atoms with E-state index in [4.69, 9.17) is 0 Å². The summed E-state index contributed by atoms with van der Waals surface area (Å²) in [6.07, 6.45) is 5.07. The molecule has 0 saturated carbocycles. The number of thioether (sulfide) groups is 1. The maximum Gasteiger partial charge on any atom is 0.256 e. The third-order valence-electron chi connectivity index (χ3n) is 4.43. The van der Waals surface area contributed by atoms with Crippen molar-refractivity contribution < 1.29 is 4.79 Å². The van der Waals surface area contributed by atoms with Crippen LogP contribution in [0.2, 0.25) is 0 Å². The number of carbonyl (C=O) groups is 1. The van der Waals surface area contributed by atoms with E-state index in [-0.39, 0.29) is 17.9 Å². The molecule has 0 spiro atoms. The van der Waals surface area contributed by atoms with Crippen LogP contribution in [0.1, 0.15) is 60.2 Å². The van der Waals surface area contributed by atoms with Crippen molar-refractivity contribution in [2.24, 2.45) is 0 Å². The SMILES string of the molecule is CSc1nc(C(C)C)nc(C)c1C(=O)NC(C)c1ccc(-n2cncn2)cc1. The second-order valence-electron chi connectivity index (χ2n) is 6.83. The summed E-state index contributed by atoms with van der Waals surface area (Å²) in [5, 5.41) is 7.89. The molecule has 0 aliphatic heterocycles. The number of rotatable bonds is 6. The van der Waals surface area contributed by atoms with E-state index in [9.17, 15) is 4.79 Å². The molecule has 0 bridgehead atoms. The topological polar surface area (TPSA) is 85.6 Å². The Balaban J connectivity index is 1.79. The molecular weight excluding hydrogens is 372 g/mol. The lowest BCUT2D eigenvalue weighted by atomic mass is 10.1. The second-order valence-corrected chi connectivity index (χ2v) is 7.63. The monoisotopic (exact) mass is 396 g/mol. The molecule has 0 saturated heterocycles. The Bertz CT molecular complexity index is 954. The zero-order chi connectivity index (χ0) is 20.3. The lowest BCUT2D eigenvalue weighted by molar-refractivity contribution is 0.0935. The molecule has 0 aliphatic rings. The van der Waals surface area contributed by atoms with Crippen LogP contribution in [0.25, 0.3) is 5.69 Å². The standard InChI is InChI=1S/C20H24N6OS/c1-12(2)18-23-14(4)17(20(25-18)28-5)19(27)24-13(3)15-6-8-16(9-7-15)26-11-21-10-22-26/h6-13H,1-5H3,(H,24,27). The Morgan fingerprint density at radius 3 is 2.43 bits per heavy atom. The second kappa shape index (κ2) is 8.52. The lowest BCUT2D eigenvalue weighted by Gasteiger charge is -2.18. The van der Waals surface area contributed by atoms with E-state index >= 15 is 0 Å². The van der Waals surface area contributed by atoms with E-state index in [1.165, 1.54) is 18.1 Å². The van der Waals surface area contributed by atoms with Crippen molar-refractivity contribution in [3.05, 3.63) is 59.6 Å². The van der Waals surface area contributed by atoms with Crippen molar-refractivity contribution in [2.75, 3.05) is 6.26 Å². The van der Waals surface area contributed by atoms with Crippen LogP contribution in [0.5, 0.6) is 0 Å². The van der Waals surface area contributed by atoms with Gasteiger partial charge in [0.1, 0.15) is 23.5 Å². The van der Waals surface area contributed by atoms with Crippen molar-refractivity contribution in [3.63, 3.8) is 0 Å². The number of benzene rings is 1. The quantitative estimate of drug-likeness (QED) is 0.505. The third-order valence-corrected chi connectivity index (χ3v) is 5.12. The Kier molecular flexibility index (Phi) is 6.08. The molecule has 1 atom stereocenters. The summed E-state index contributed by atoms with van der Waals surface area (Å²) in [7, 11) is 0. The predicted octanol–water partition coefficient (Wildman–Crippen LogP) is 3.70. The molecule has 3 rings (SSSR count). The number of amides is 1. The highest BCUT2D eigenvalue weighted by Gasteiger charge is 2.21. The molecule has 7 nitrogen and oxygen atoms in total. The minimum Gasteiger partial charge on any atom is -0.345 e. The van der Waals surface area contributed by atoms with Crippen molar-refractivity contribution >= 4 is 17.7 Å². The first-order valence-corrected chi connectivity index (χ1v) is 10.3. The van der Waals surface area contributed by atoms with Crippen LogP contribution in [0.4, 0.5) is 0 Å². The number of nitrogens with one attached hydrogen (secondary N) is 1. The van der Waals surface area contributed by atoms with Crippen LogP contribution in [0.15, 0.2) is 41.9 Å². The summed E-state index contributed by atoms with van der Waals surface area (Å²) in [4.78, 5) is 26.0. The number of carbonyl (C=O) groups excluding carboxylic acids is 1. The molecule has 3 aromatic rings. The predicted molar refractivity (Wildman–Crippen MR) is 110 cm³/mol. The molecule has 2 heterocycles. The summed E-state index contributed by atoms with van der Waals surface area (Å²) in [5.41, 5.74) is 3.16. The van der Waals surface area contributed by atoms with Gasteiger partial charge in [0.2, 0.25) is 0 Å². The Morgan fingerprint density at radius 2 is 1.86 bits per heavy atom. The van der Waals surface area contributed by atoms with E-state index < -0.39 is 0 Å².